The van der Waals surface area contributed by atoms with E-state index in [1.165, 1.54) is 0 Å². The van der Waals surface area contributed by atoms with Crippen molar-refractivity contribution < 1.29 is 9.59 Å². The first-order chi connectivity index (χ1) is 9.06. The molecule has 4 N–H and O–H groups in total. The Kier molecular flexibility index (Phi) is 6.52. The lowest BCUT2D eigenvalue weighted by Gasteiger charge is -2.37. The summed E-state index contributed by atoms with van der Waals surface area (Å²) in [6.45, 7) is 7.62. The molecular weight excluding hydrogens is 244 g/mol. The van der Waals surface area contributed by atoms with Crippen LogP contribution in [0.15, 0.2) is 12.7 Å². The number of hydrogen-bond acceptors (Lipinski definition) is 4. The second-order valence-corrected chi connectivity index (χ2v) is 5.00. The molecule has 6 heteroatoms. The number of hydrogen-bond donors (Lipinski definition) is 3. The summed E-state index contributed by atoms with van der Waals surface area (Å²) in [6, 6.07) is -0.130. The van der Waals surface area contributed by atoms with E-state index in [9.17, 15) is 9.59 Å². The molecule has 1 heterocycles. The molecule has 108 valence electrons. The second-order valence-electron chi connectivity index (χ2n) is 5.00. The molecule has 1 aliphatic heterocycles. The Morgan fingerprint density at radius 2 is 2.21 bits per heavy atom. The number of carbonyl (C=O) groups excluding carboxylic acids is 2. The van der Waals surface area contributed by atoms with Gasteiger partial charge in [0.05, 0.1) is 6.54 Å². The summed E-state index contributed by atoms with van der Waals surface area (Å²) in [5.74, 6) is 0.157. The molecular formula is C13H24N4O2. The van der Waals surface area contributed by atoms with Crippen molar-refractivity contribution in [2.24, 2.45) is 11.7 Å². The Morgan fingerprint density at radius 1 is 1.47 bits per heavy atom. The maximum absolute atomic E-state index is 11.8. The summed E-state index contributed by atoms with van der Waals surface area (Å²) in [7, 11) is 0. The largest absolute Gasteiger partial charge is 0.334 e. The molecule has 0 bridgehead atoms. The van der Waals surface area contributed by atoms with E-state index in [0.29, 0.717) is 25.0 Å². The zero-order valence-electron chi connectivity index (χ0n) is 11.5. The minimum absolute atomic E-state index is 0.235. The summed E-state index contributed by atoms with van der Waals surface area (Å²) < 4.78 is 0. The molecule has 3 amide bonds. The van der Waals surface area contributed by atoms with Crippen LogP contribution in [0.2, 0.25) is 0 Å². The predicted octanol–water partition coefficient (Wildman–Crippen LogP) is 0.0574. The van der Waals surface area contributed by atoms with Gasteiger partial charge in [-0.25, -0.2) is 4.79 Å². The topological polar surface area (TPSA) is 87.5 Å². The fourth-order valence-electron chi connectivity index (χ4n) is 2.23. The third-order valence-electron chi connectivity index (χ3n) is 3.45. The second kappa shape index (κ2) is 7.91. The molecule has 1 rings (SSSR count). The van der Waals surface area contributed by atoms with Crippen LogP contribution in [0, 0.1) is 5.92 Å². The first-order valence-corrected chi connectivity index (χ1v) is 6.69. The lowest BCUT2D eigenvalue weighted by atomic mass is 9.93. The molecule has 0 spiro atoms. The van der Waals surface area contributed by atoms with Gasteiger partial charge in [-0.3, -0.25) is 15.0 Å². The van der Waals surface area contributed by atoms with Gasteiger partial charge >= 0.3 is 6.03 Å². The van der Waals surface area contributed by atoms with E-state index in [2.05, 4.69) is 29.0 Å². The molecule has 1 fully saturated rings. The van der Waals surface area contributed by atoms with Crippen molar-refractivity contribution in [1.29, 1.82) is 0 Å². The van der Waals surface area contributed by atoms with Crippen LogP contribution in [0.4, 0.5) is 4.79 Å². The number of piperidine rings is 1. The van der Waals surface area contributed by atoms with Gasteiger partial charge in [0, 0.05) is 19.1 Å². The van der Waals surface area contributed by atoms with Crippen molar-refractivity contribution in [3.63, 3.8) is 0 Å². The van der Waals surface area contributed by atoms with E-state index in [1.54, 1.807) is 6.08 Å². The van der Waals surface area contributed by atoms with Gasteiger partial charge in [-0.2, -0.15) is 0 Å². The first kappa shape index (κ1) is 15.7. The number of carbonyl (C=O) groups is 2. The Morgan fingerprint density at radius 3 is 2.84 bits per heavy atom. The first-order valence-electron chi connectivity index (χ1n) is 6.69. The van der Waals surface area contributed by atoms with Crippen LogP contribution in [-0.4, -0.2) is 49.1 Å². The number of nitrogens with two attached hydrogens (primary N) is 1. The summed E-state index contributed by atoms with van der Waals surface area (Å²) in [6.07, 6.45) is 3.70. The van der Waals surface area contributed by atoms with Gasteiger partial charge in [0.2, 0.25) is 5.91 Å². The molecule has 0 aliphatic carbocycles. The molecule has 2 atom stereocenters. The summed E-state index contributed by atoms with van der Waals surface area (Å²) in [5.41, 5.74) is 5.68. The molecule has 0 saturated carbocycles. The molecule has 1 aliphatic rings. The van der Waals surface area contributed by atoms with E-state index in [-0.39, 0.29) is 12.5 Å². The van der Waals surface area contributed by atoms with E-state index in [4.69, 9.17) is 5.73 Å². The third kappa shape index (κ3) is 5.40. The van der Waals surface area contributed by atoms with E-state index < -0.39 is 6.03 Å². The number of urea groups is 1. The van der Waals surface area contributed by atoms with Gasteiger partial charge in [-0.1, -0.05) is 6.08 Å². The van der Waals surface area contributed by atoms with Crippen LogP contribution < -0.4 is 16.4 Å². The van der Waals surface area contributed by atoms with Gasteiger partial charge in [0.1, 0.15) is 0 Å². The summed E-state index contributed by atoms with van der Waals surface area (Å²) >= 11 is 0. The van der Waals surface area contributed by atoms with Gasteiger partial charge < -0.3 is 11.1 Å². The average Bonchev–Trinajstić information content (AvgIpc) is 2.38. The number of imide groups is 1. The van der Waals surface area contributed by atoms with Crippen molar-refractivity contribution in [3.05, 3.63) is 12.7 Å². The molecule has 0 aromatic rings. The predicted molar refractivity (Wildman–Crippen MR) is 74.6 cm³/mol. The molecule has 1 saturated heterocycles. The highest BCUT2D eigenvalue weighted by atomic mass is 16.2. The minimum Gasteiger partial charge on any atom is -0.334 e. The normalized spacial score (nSPS) is 23.7. The number of nitrogens with zero attached hydrogens (tertiary/aromatic N) is 1. The van der Waals surface area contributed by atoms with Gasteiger partial charge in [-0.05, 0) is 32.2 Å². The smallest absolute Gasteiger partial charge is 0.321 e. The maximum atomic E-state index is 11.8. The highest BCUT2D eigenvalue weighted by Gasteiger charge is 2.26. The highest BCUT2D eigenvalue weighted by molar-refractivity contribution is 5.95. The number of amides is 3. The van der Waals surface area contributed by atoms with Gasteiger partial charge in [-0.15, -0.1) is 6.58 Å². The number of nitrogens with one attached hydrogen (secondary N) is 2. The van der Waals surface area contributed by atoms with E-state index in [1.807, 2.05) is 0 Å². The molecule has 0 aromatic heterocycles. The quantitative estimate of drug-likeness (QED) is 0.615. The minimum atomic E-state index is -0.482. The fraction of sp³-hybridized carbons (Fsp3) is 0.692. The van der Waals surface area contributed by atoms with Crippen molar-refractivity contribution in [2.75, 3.05) is 26.2 Å². The van der Waals surface area contributed by atoms with Gasteiger partial charge in [0.15, 0.2) is 0 Å². The van der Waals surface area contributed by atoms with Crippen LogP contribution in [-0.2, 0) is 4.79 Å². The van der Waals surface area contributed by atoms with Crippen molar-refractivity contribution in [2.45, 2.75) is 25.8 Å². The zero-order valence-corrected chi connectivity index (χ0v) is 11.5. The lowest BCUT2D eigenvalue weighted by molar-refractivity contribution is -0.122. The van der Waals surface area contributed by atoms with Crippen molar-refractivity contribution in [1.82, 2.24) is 15.5 Å². The Labute approximate surface area is 114 Å². The number of likely N-dealkylation sites (tertiary alicyclic amines) is 1. The Balaban J connectivity index is 2.37. The van der Waals surface area contributed by atoms with Crippen molar-refractivity contribution in [3.8, 4) is 0 Å². The molecule has 0 aromatic carbocycles. The number of rotatable bonds is 5. The van der Waals surface area contributed by atoms with Crippen LogP contribution in [0.3, 0.4) is 0 Å². The third-order valence-corrected chi connectivity index (χ3v) is 3.45. The van der Waals surface area contributed by atoms with Crippen molar-refractivity contribution >= 4 is 11.9 Å². The molecule has 6 nitrogen and oxygen atoms in total. The van der Waals surface area contributed by atoms with Crippen LogP contribution >= 0.6 is 0 Å². The van der Waals surface area contributed by atoms with E-state index >= 15 is 0 Å². The van der Waals surface area contributed by atoms with Crippen LogP contribution in [0.25, 0.3) is 0 Å². The van der Waals surface area contributed by atoms with E-state index in [0.717, 1.165) is 19.4 Å². The summed E-state index contributed by atoms with van der Waals surface area (Å²) in [4.78, 5) is 25.2. The van der Waals surface area contributed by atoms with Crippen LogP contribution in [0.5, 0.6) is 0 Å². The highest BCUT2D eigenvalue weighted by Crippen LogP contribution is 2.20. The van der Waals surface area contributed by atoms with Gasteiger partial charge in [0.25, 0.3) is 0 Å². The molecule has 19 heavy (non-hydrogen) atoms. The Bertz CT molecular complexity index is 333. The monoisotopic (exact) mass is 268 g/mol. The fourth-order valence-corrected chi connectivity index (χ4v) is 2.23. The standard InChI is InChI=1S/C13H24N4O2/c1-3-6-15-13(19)16-12(18)9-17-8-11(7-14)5-4-10(17)2/h3,10-11H,1,4-9,14H2,2H3,(H2,15,16,18,19). The molecule has 0 radical (unpaired) electrons. The average molecular weight is 268 g/mol. The SMILES string of the molecule is C=CCNC(=O)NC(=O)CN1CC(CN)CCC1C. The summed E-state index contributed by atoms with van der Waals surface area (Å²) in [5, 5.41) is 4.81. The lowest BCUT2D eigenvalue weighted by Crippen LogP contribution is -2.50. The zero-order chi connectivity index (χ0) is 14.3. The maximum Gasteiger partial charge on any atom is 0.321 e. The molecule has 2 unspecified atom stereocenters. The Hall–Kier alpha value is -1.40. The van der Waals surface area contributed by atoms with Crippen LogP contribution in [0.1, 0.15) is 19.8 Å².